The molecule has 4 rings (SSSR count). The third kappa shape index (κ3) is 4.49. The van der Waals surface area contributed by atoms with Gasteiger partial charge in [-0.2, -0.15) is 23.3 Å². The minimum absolute atomic E-state index is 0.00733. The van der Waals surface area contributed by atoms with Crippen molar-refractivity contribution >= 4 is 23.5 Å². The summed E-state index contributed by atoms with van der Waals surface area (Å²) in [5.74, 6) is -0.208. The number of hydrogen-bond acceptors (Lipinski definition) is 5. The Balaban J connectivity index is 1.47. The van der Waals surface area contributed by atoms with Crippen molar-refractivity contribution in [2.45, 2.75) is 18.6 Å². The van der Waals surface area contributed by atoms with Gasteiger partial charge in [-0.15, -0.1) is 0 Å². The summed E-state index contributed by atoms with van der Waals surface area (Å²) in [6.45, 7) is -0.434. The quantitative estimate of drug-likeness (QED) is 0.646. The molecule has 0 aliphatic carbocycles. The number of anilines is 2. The largest absolute Gasteiger partial charge is 0.483 e. The van der Waals surface area contributed by atoms with Crippen molar-refractivity contribution in [2.24, 2.45) is 0 Å². The Hall–Kier alpha value is -3.89. The summed E-state index contributed by atoms with van der Waals surface area (Å²) >= 11 is 0. The molecule has 3 aromatic rings. The molecule has 1 aromatic heterocycles. The van der Waals surface area contributed by atoms with Crippen LogP contribution in [0.2, 0.25) is 0 Å². The number of fused-ring (bicyclic) bond motifs is 1. The third-order valence-corrected chi connectivity index (χ3v) is 4.61. The molecule has 0 saturated heterocycles. The average Bonchev–Trinajstić information content (AvgIpc) is 3.20. The summed E-state index contributed by atoms with van der Waals surface area (Å²) < 4.78 is 45.7. The number of carbonyl (C=O) groups excluding carboxylic acids is 2. The highest BCUT2D eigenvalue weighted by molar-refractivity contribution is 5.92. The van der Waals surface area contributed by atoms with Crippen molar-refractivity contribution in [3.05, 3.63) is 66.0 Å². The van der Waals surface area contributed by atoms with Crippen molar-refractivity contribution in [3.8, 4) is 5.75 Å². The number of ether oxygens (including phenoxy) is 1. The minimum atomic E-state index is -4.51. The van der Waals surface area contributed by atoms with Gasteiger partial charge in [-0.25, -0.2) is 4.68 Å². The Bertz CT molecular complexity index is 1130. The molecule has 8 nitrogen and oxygen atoms in total. The number of rotatable bonds is 5. The van der Waals surface area contributed by atoms with Crippen molar-refractivity contribution < 1.29 is 27.5 Å². The second-order valence-corrected chi connectivity index (χ2v) is 6.75. The second kappa shape index (κ2) is 8.09. The molecule has 0 saturated carbocycles. The van der Waals surface area contributed by atoms with E-state index in [0.717, 1.165) is 12.1 Å². The lowest BCUT2D eigenvalue weighted by Crippen LogP contribution is -2.29. The molecular weight excluding hydrogens is 415 g/mol. The maximum absolute atomic E-state index is 12.8. The summed E-state index contributed by atoms with van der Waals surface area (Å²) in [6.07, 6.45) is -3.09. The van der Waals surface area contributed by atoms with Crippen LogP contribution in [0.1, 0.15) is 23.6 Å². The highest BCUT2D eigenvalue weighted by Gasteiger charge is 2.31. The van der Waals surface area contributed by atoms with Gasteiger partial charge in [0.25, 0.3) is 5.91 Å². The Morgan fingerprint density at radius 2 is 2.03 bits per heavy atom. The number of halogens is 3. The molecule has 2 N–H and O–H groups in total. The van der Waals surface area contributed by atoms with Crippen LogP contribution in [0.15, 0.2) is 54.9 Å². The van der Waals surface area contributed by atoms with Crippen LogP contribution in [0.3, 0.4) is 0 Å². The molecule has 2 aromatic carbocycles. The van der Waals surface area contributed by atoms with Gasteiger partial charge in [0, 0.05) is 11.3 Å². The van der Waals surface area contributed by atoms with Crippen molar-refractivity contribution in [1.29, 1.82) is 0 Å². The van der Waals surface area contributed by atoms with E-state index in [-0.39, 0.29) is 18.0 Å². The molecule has 1 aliphatic heterocycles. The van der Waals surface area contributed by atoms with Crippen molar-refractivity contribution in [1.82, 2.24) is 14.8 Å². The summed E-state index contributed by atoms with van der Waals surface area (Å²) in [7, 11) is 0. The number of para-hydroxylation sites is 1. The van der Waals surface area contributed by atoms with Gasteiger partial charge in [0.05, 0.1) is 18.0 Å². The van der Waals surface area contributed by atoms with Gasteiger partial charge in [-0.1, -0.05) is 24.3 Å². The summed E-state index contributed by atoms with van der Waals surface area (Å²) in [6, 6.07) is 10.7. The van der Waals surface area contributed by atoms with E-state index in [2.05, 4.69) is 20.7 Å². The number of nitrogens with one attached hydrogen (secondary N) is 2. The molecule has 160 valence electrons. The lowest BCUT2D eigenvalue weighted by Gasteiger charge is -2.25. The first-order chi connectivity index (χ1) is 14.8. The van der Waals surface area contributed by atoms with Gasteiger partial charge in [0.15, 0.2) is 6.61 Å². The number of nitrogens with zero attached hydrogens (tertiary/aromatic N) is 3. The lowest BCUT2D eigenvalue weighted by atomic mass is 10.0. The highest BCUT2D eigenvalue weighted by atomic mass is 19.4. The molecule has 0 unspecified atom stereocenters. The summed E-state index contributed by atoms with van der Waals surface area (Å²) in [4.78, 5) is 28.2. The van der Waals surface area contributed by atoms with E-state index in [1.807, 2.05) is 0 Å². The molecule has 2 heterocycles. The topological polar surface area (TPSA) is 98.1 Å². The molecule has 11 heteroatoms. The van der Waals surface area contributed by atoms with Crippen molar-refractivity contribution in [3.63, 3.8) is 0 Å². The summed E-state index contributed by atoms with van der Waals surface area (Å²) in [5.41, 5.74) is -0.236. The Kier molecular flexibility index (Phi) is 5.32. The van der Waals surface area contributed by atoms with Crippen LogP contribution in [-0.4, -0.2) is 33.2 Å². The van der Waals surface area contributed by atoms with E-state index in [9.17, 15) is 22.8 Å². The molecular formula is C20H16F3N5O3. The SMILES string of the molecule is O=C(COc1ccccc1[C@H]1CC(=O)Nc2ncnn21)Nc1cccc(C(F)(F)F)c1. The molecule has 31 heavy (non-hydrogen) atoms. The molecule has 0 bridgehead atoms. The zero-order chi connectivity index (χ0) is 22.0. The molecule has 1 atom stereocenters. The zero-order valence-electron chi connectivity index (χ0n) is 15.9. The predicted molar refractivity (Wildman–Crippen MR) is 103 cm³/mol. The monoisotopic (exact) mass is 431 g/mol. The number of benzene rings is 2. The van der Waals surface area contributed by atoms with Gasteiger partial charge in [-0.05, 0) is 24.3 Å². The van der Waals surface area contributed by atoms with Crippen LogP contribution < -0.4 is 15.4 Å². The van der Waals surface area contributed by atoms with E-state index in [0.29, 0.717) is 17.3 Å². The first kappa shape index (κ1) is 20.4. The van der Waals surface area contributed by atoms with Gasteiger partial charge in [0.1, 0.15) is 12.1 Å². The fraction of sp³-hybridized carbons (Fsp3) is 0.200. The molecule has 1 aliphatic rings. The number of aromatic nitrogens is 3. The first-order valence-electron chi connectivity index (χ1n) is 9.19. The van der Waals surface area contributed by atoms with Crippen LogP contribution >= 0.6 is 0 Å². The highest BCUT2D eigenvalue weighted by Crippen LogP contribution is 2.34. The van der Waals surface area contributed by atoms with Crippen LogP contribution in [0.4, 0.5) is 24.8 Å². The van der Waals surface area contributed by atoms with Gasteiger partial charge >= 0.3 is 6.18 Å². The Labute approximate surface area is 174 Å². The third-order valence-electron chi connectivity index (χ3n) is 4.61. The molecule has 2 amide bonds. The van der Waals surface area contributed by atoms with Gasteiger partial charge < -0.3 is 10.1 Å². The van der Waals surface area contributed by atoms with Crippen LogP contribution in [0.25, 0.3) is 0 Å². The van der Waals surface area contributed by atoms with E-state index in [4.69, 9.17) is 4.74 Å². The maximum Gasteiger partial charge on any atom is 0.416 e. The Morgan fingerprint density at radius 3 is 2.84 bits per heavy atom. The smallest absolute Gasteiger partial charge is 0.416 e. The number of alkyl halides is 3. The fourth-order valence-electron chi connectivity index (χ4n) is 3.25. The minimum Gasteiger partial charge on any atom is -0.483 e. The lowest BCUT2D eigenvalue weighted by molar-refractivity contribution is -0.137. The van der Waals surface area contributed by atoms with Gasteiger partial charge in [0.2, 0.25) is 11.9 Å². The molecule has 0 radical (unpaired) electrons. The first-order valence-corrected chi connectivity index (χ1v) is 9.19. The van der Waals surface area contributed by atoms with Crippen molar-refractivity contribution in [2.75, 3.05) is 17.2 Å². The predicted octanol–water partition coefficient (Wildman–Crippen LogP) is 3.25. The van der Waals surface area contributed by atoms with E-state index in [1.165, 1.54) is 18.5 Å². The van der Waals surface area contributed by atoms with Crippen LogP contribution in [-0.2, 0) is 15.8 Å². The molecule has 0 spiro atoms. The number of carbonyl (C=O) groups is 2. The number of hydrogen-bond donors (Lipinski definition) is 2. The standard InChI is InChI=1S/C20H16F3N5O3/c21-20(22,23)12-4-3-5-13(8-12)26-18(30)10-31-16-7-2-1-6-14(16)15-9-17(29)27-19-24-11-25-28(15)19/h1-8,11,15H,9-10H2,(H,26,30)(H,24,25,27,29)/t15-/m1/s1. The Morgan fingerprint density at radius 1 is 1.23 bits per heavy atom. The van der Waals surface area contributed by atoms with Crippen LogP contribution in [0.5, 0.6) is 5.75 Å². The molecule has 0 fully saturated rings. The average molecular weight is 431 g/mol. The maximum atomic E-state index is 12.8. The van der Waals surface area contributed by atoms with Gasteiger partial charge in [-0.3, -0.25) is 14.9 Å². The summed E-state index contributed by atoms with van der Waals surface area (Å²) in [5, 5.41) is 9.14. The normalized spacial score (nSPS) is 15.7. The fourth-order valence-corrected chi connectivity index (χ4v) is 3.25. The van der Waals surface area contributed by atoms with Crippen LogP contribution in [0, 0.1) is 0 Å². The van der Waals surface area contributed by atoms with E-state index >= 15 is 0 Å². The second-order valence-electron chi connectivity index (χ2n) is 6.75. The zero-order valence-corrected chi connectivity index (χ0v) is 15.9. The number of amides is 2. The van der Waals surface area contributed by atoms with E-state index in [1.54, 1.807) is 28.9 Å². The van der Waals surface area contributed by atoms with E-state index < -0.39 is 30.3 Å².